The summed E-state index contributed by atoms with van der Waals surface area (Å²) >= 11 is 0. The summed E-state index contributed by atoms with van der Waals surface area (Å²) in [5, 5.41) is 0. The summed E-state index contributed by atoms with van der Waals surface area (Å²) in [5.41, 5.74) is 6.04. The molecule has 0 rings (SSSR count). The zero-order valence-electron chi connectivity index (χ0n) is 9.93. The predicted molar refractivity (Wildman–Crippen MR) is 59.8 cm³/mol. The quantitative estimate of drug-likeness (QED) is 0.688. The molecule has 0 aliphatic heterocycles. The first kappa shape index (κ1) is 12.9. The lowest BCUT2D eigenvalue weighted by Gasteiger charge is -2.43. The molecule has 0 aliphatic carbocycles. The van der Waals surface area contributed by atoms with Gasteiger partial charge in [-0.25, -0.2) is 0 Å². The second-order valence-electron chi connectivity index (χ2n) is 4.30. The monoisotopic (exact) mass is 186 g/mol. The van der Waals surface area contributed by atoms with Crippen LogP contribution in [0.25, 0.3) is 0 Å². The molecule has 0 fully saturated rings. The summed E-state index contributed by atoms with van der Waals surface area (Å²) in [7, 11) is 0. The van der Waals surface area contributed by atoms with Gasteiger partial charge in [-0.05, 0) is 32.4 Å². The molecule has 2 N–H and O–H groups in total. The van der Waals surface area contributed by atoms with Crippen molar-refractivity contribution in [1.29, 1.82) is 0 Å². The first-order valence-corrected chi connectivity index (χ1v) is 5.48. The van der Waals surface area contributed by atoms with Crippen LogP contribution < -0.4 is 5.73 Å². The highest BCUT2D eigenvalue weighted by Gasteiger charge is 2.31. The molecule has 0 amide bonds. The fraction of sp³-hybridized carbons (Fsp3) is 1.00. The van der Waals surface area contributed by atoms with E-state index in [0.717, 1.165) is 19.6 Å². The molecule has 0 radical (unpaired) electrons. The van der Waals surface area contributed by atoms with Gasteiger partial charge in [0.25, 0.3) is 0 Å². The minimum Gasteiger partial charge on any atom is -0.329 e. The van der Waals surface area contributed by atoms with Crippen LogP contribution >= 0.6 is 0 Å². The molecule has 13 heavy (non-hydrogen) atoms. The first-order chi connectivity index (χ1) is 6.02. The van der Waals surface area contributed by atoms with E-state index in [1.165, 1.54) is 6.42 Å². The highest BCUT2D eigenvalue weighted by molar-refractivity contribution is 4.89. The summed E-state index contributed by atoms with van der Waals surface area (Å²) in [6.07, 6.45) is 1.20. The normalized spacial score (nSPS) is 16.6. The number of hydrogen-bond donors (Lipinski definition) is 1. The van der Waals surface area contributed by atoms with Crippen molar-refractivity contribution in [3.05, 3.63) is 0 Å². The molecule has 0 saturated heterocycles. The molecule has 0 bridgehead atoms. The Kier molecular flexibility index (Phi) is 5.57. The maximum absolute atomic E-state index is 5.87. The number of hydrogen-bond acceptors (Lipinski definition) is 2. The van der Waals surface area contributed by atoms with Gasteiger partial charge in [0.05, 0.1) is 0 Å². The van der Waals surface area contributed by atoms with Crippen molar-refractivity contribution < 1.29 is 0 Å². The molecule has 0 aromatic heterocycles. The van der Waals surface area contributed by atoms with E-state index in [-0.39, 0.29) is 5.54 Å². The molecule has 1 unspecified atom stereocenters. The van der Waals surface area contributed by atoms with Crippen molar-refractivity contribution in [3.8, 4) is 0 Å². The van der Waals surface area contributed by atoms with Gasteiger partial charge in [-0.2, -0.15) is 0 Å². The van der Waals surface area contributed by atoms with E-state index in [2.05, 4.69) is 39.5 Å². The molecule has 80 valence electrons. The van der Waals surface area contributed by atoms with Gasteiger partial charge in [0, 0.05) is 12.1 Å². The van der Waals surface area contributed by atoms with Gasteiger partial charge in [0.15, 0.2) is 0 Å². The number of nitrogens with zero attached hydrogens (tertiary/aromatic N) is 1. The van der Waals surface area contributed by atoms with E-state index in [1.54, 1.807) is 0 Å². The van der Waals surface area contributed by atoms with Crippen LogP contribution in [0.3, 0.4) is 0 Å². The third-order valence-electron chi connectivity index (χ3n) is 3.25. The minimum atomic E-state index is 0.171. The molecule has 0 aromatic rings. The average Bonchev–Trinajstić information content (AvgIpc) is 2.12. The van der Waals surface area contributed by atoms with E-state index in [9.17, 15) is 0 Å². The maximum atomic E-state index is 5.87. The number of nitrogens with two attached hydrogens (primary N) is 1. The van der Waals surface area contributed by atoms with E-state index < -0.39 is 0 Å². The van der Waals surface area contributed by atoms with Crippen molar-refractivity contribution in [2.24, 2.45) is 11.7 Å². The molecule has 0 saturated carbocycles. The molecule has 0 aromatic carbocycles. The molecular formula is C11H26N2. The molecular weight excluding hydrogens is 160 g/mol. The fourth-order valence-corrected chi connectivity index (χ4v) is 1.77. The molecule has 2 heteroatoms. The predicted octanol–water partition coefficient (Wildman–Crippen LogP) is 2.09. The summed E-state index contributed by atoms with van der Waals surface area (Å²) in [6, 6.07) is 0. The van der Waals surface area contributed by atoms with E-state index in [0.29, 0.717) is 5.92 Å². The Balaban J connectivity index is 4.48. The van der Waals surface area contributed by atoms with Crippen LogP contribution in [-0.2, 0) is 0 Å². The fourth-order valence-electron chi connectivity index (χ4n) is 1.77. The van der Waals surface area contributed by atoms with Crippen molar-refractivity contribution >= 4 is 0 Å². The molecule has 0 aliphatic rings. The number of rotatable bonds is 6. The highest BCUT2D eigenvalue weighted by atomic mass is 15.2. The van der Waals surface area contributed by atoms with Gasteiger partial charge >= 0.3 is 0 Å². The van der Waals surface area contributed by atoms with Gasteiger partial charge in [-0.1, -0.05) is 27.7 Å². The Bertz CT molecular complexity index is 134. The molecule has 2 nitrogen and oxygen atoms in total. The minimum absolute atomic E-state index is 0.171. The van der Waals surface area contributed by atoms with Gasteiger partial charge in [-0.3, -0.25) is 4.90 Å². The van der Waals surface area contributed by atoms with Gasteiger partial charge in [-0.15, -0.1) is 0 Å². The van der Waals surface area contributed by atoms with Crippen molar-refractivity contribution in [2.75, 3.05) is 19.6 Å². The van der Waals surface area contributed by atoms with E-state index in [4.69, 9.17) is 5.73 Å². The lowest BCUT2D eigenvalue weighted by Crippen LogP contribution is -2.55. The van der Waals surface area contributed by atoms with Crippen LogP contribution in [0.1, 0.15) is 41.0 Å². The Morgan fingerprint density at radius 2 is 1.85 bits per heavy atom. The largest absolute Gasteiger partial charge is 0.329 e. The van der Waals surface area contributed by atoms with Crippen molar-refractivity contribution in [3.63, 3.8) is 0 Å². The summed E-state index contributed by atoms with van der Waals surface area (Å²) < 4.78 is 0. The van der Waals surface area contributed by atoms with E-state index >= 15 is 0 Å². The zero-order chi connectivity index (χ0) is 10.5. The Morgan fingerprint density at radius 1 is 1.31 bits per heavy atom. The summed E-state index contributed by atoms with van der Waals surface area (Å²) in [5.74, 6) is 0.615. The summed E-state index contributed by atoms with van der Waals surface area (Å²) in [4.78, 5) is 2.50. The number of likely N-dealkylation sites (N-methyl/N-ethyl adjacent to an activating group) is 1. The van der Waals surface area contributed by atoms with Crippen LogP contribution in [0.5, 0.6) is 0 Å². The zero-order valence-corrected chi connectivity index (χ0v) is 9.93. The first-order valence-electron chi connectivity index (χ1n) is 5.48. The van der Waals surface area contributed by atoms with Crippen molar-refractivity contribution in [1.82, 2.24) is 4.90 Å². The lowest BCUT2D eigenvalue weighted by molar-refractivity contribution is 0.0726. The van der Waals surface area contributed by atoms with Crippen molar-refractivity contribution in [2.45, 2.75) is 46.6 Å². The Labute approximate surface area is 83.5 Å². The highest BCUT2D eigenvalue weighted by Crippen LogP contribution is 2.23. The van der Waals surface area contributed by atoms with E-state index in [1.807, 2.05) is 0 Å². The second-order valence-corrected chi connectivity index (χ2v) is 4.30. The third kappa shape index (κ3) is 2.96. The van der Waals surface area contributed by atoms with Gasteiger partial charge in [0.2, 0.25) is 0 Å². The average molecular weight is 186 g/mol. The second kappa shape index (κ2) is 5.61. The lowest BCUT2D eigenvalue weighted by atomic mass is 9.86. The maximum Gasteiger partial charge on any atom is 0.0326 e. The standard InChI is InChI=1S/C11H26N2/c1-6-8-13(7-2)11(5,9-12)10(3)4/h10H,6-9,12H2,1-5H3. The Morgan fingerprint density at radius 3 is 2.08 bits per heavy atom. The topological polar surface area (TPSA) is 29.3 Å². The molecule has 0 spiro atoms. The van der Waals surface area contributed by atoms with Crippen LogP contribution in [0, 0.1) is 5.92 Å². The smallest absolute Gasteiger partial charge is 0.0326 e. The van der Waals surface area contributed by atoms with Crippen LogP contribution in [0.2, 0.25) is 0 Å². The summed E-state index contributed by atoms with van der Waals surface area (Å²) in [6.45, 7) is 14.2. The van der Waals surface area contributed by atoms with Crippen LogP contribution in [0.15, 0.2) is 0 Å². The third-order valence-corrected chi connectivity index (χ3v) is 3.25. The molecule has 0 heterocycles. The van der Waals surface area contributed by atoms with Crippen LogP contribution in [0.4, 0.5) is 0 Å². The van der Waals surface area contributed by atoms with Crippen LogP contribution in [-0.4, -0.2) is 30.1 Å². The Hall–Kier alpha value is -0.0800. The van der Waals surface area contributed by atoms with Gasteiger partial charge in [0.1, 0.15) is 0 Å². The SMILES string of the molecule is CCCN(CC)C(C)(CN)C(C)C. The van der Waals surface area contributed by atoms with Gasteiger partial charge < -0.3 is 5.73 Å². The molecule has 1 atom stereocenters.